The molecule has 156 valence electrons. The summed E-state index contributed by atoms with van der Waals surface area (Å²) in [5, 5.41) is 2.95. The number of anilines is 2. The number of likely N-dealkylation sites (tertiary alicyclic amines) is 1. The SMILES string of the molecule is O=C(Nc1ccccc1)C1CCN(C(=O)c2ccc(N3CCCCC3=O)cc2)CC1. The third-order valence-electron chi connectivity index (χ3n) is 5.94. The largest absolute Gasteiger partial charge is 0.339 e. The molecule has 2 aliphatic heterocycles. The van der Waals surface area contributed by atoms with Crippen LogP contribution in [-0.4, -0.2) is 42.3 Å². The molecule has 2 heterocycles. The number of para-hydroxylation sites is 1. The van der Waals surface area contributed by atoms with Gasteiger partial charge in [-0.3, -0.25) is 14.4 Å². The molecule has 2 aromatic carbocycles. The summed E-state index contributed by atoms with van der Waals surface area (Å²) in [5.74, 6) is 0.0650. The molecule has 0 saturated carbocycles. The second-order valence-electron chi connectivity index (χ2n) is 7.97. The highest BCUT2D eigenvalue weighted by atomic mass is 16.2. The van der Waals surface area contributed by atoms with E-state index in [4.69, 9.17) is 0 Å². The fourth-order valence-electron chi connectivity index (χ4n) is 4.16. The third-order valence-corrected chi connectivity index (χ3v) is 5.94. The van der Waals surface area contributed by atoms with Crippen molar-refractivity contribution in [3.05, 3.63) is 60.2 Å². The van der Waals surface area contributed by atoms with Gasteiger partial charge < -0.3 is 15.1 Å². The Morgan fingerprint density at radius 3 is 2.23 bits per heavy atom. The maximum absolute atomic E-state index is 12.9. The molecule has 0 atom stereocenters. The molecular weight excluding hydrogens is 378 g/mol. The van der Waals surface area contributed by atoms with E-state index in [1.807, 2.05) is 47.4 Å². The molecule has 0 aromatic heterocycles. The van der Waals surface area contributed by atoms with E-state index < -0.39 is 0 Å². The minimum absolute atomic E-state index is 0.0175. The van der Waals surface area contributed by atoms with Crippen molar-refractivity contribution in [3.63, 3.8) is 0 Å². The van der Waals surface area contributed by atoms with Crippen molar-refractivity contribution in [1.82, 2.24) is 4.90 Å². The van der Waals surface area contributed by atoms with Crippen LogP contribution in [0.5, 0.6) is 0 Å². The van der Waals surface area contributed by atoms with Crippen LogP contribution < -0.4 is 10.2 Å². The Labute approximate surface area is 176 Å². The molecule has 2 aliphatic rings. The van der Waals surface area contributed by atoms with Crippen molar-refractivity contribution < 1.29 is 14.4 Å². The first-order valence-electron chi connectivity index (χ1n) is 10.7. The maximum atomic E-state index is 12.9. The summed E-state index contributed by atoms with van der Waals surface area (Å²) in [6.45, 7) is 1.88. The highest BCUT2D eigenvalue weighted by molar-refractivity contribution is 5.97. The Hall–Kier alpha value is -3.15. The Bertz CT molecular complexity index is 903. The van der Waals surface area contributed by atoms with E-state index in [0.29, 0.717) is 37.9 Å². The molecule has 2 saturated heterocycles. The van der Waals surface area contributed by atoms with Crippen LogP contribution in [0.1, 0.15) is 42.5 Å². The van der Waals surface area contributed by atoms with Crippen LogP contribution in [0.3, 0.4) is 0 Å². The van der Waals surface area contributed by atoms with Gasteiger partial charge in [0.05, 0.1) is 0 Å². The summed E-state index contributed by atoms with van der Waals surface area (Å²) >= 11 is 0. The summed E-state index contributed by atoms with van der Waals surface area (Å²) in [4.78, 5) is 41.0. The highest BCUT2D eigenvalue weighted by Gasteiger charge is 2.28. The van der Waals surface area contributed by atoms with Gasteiger partial charge in [-0.05, 0) is 62.1 Å². The number of hydrogen-bond acceptors (Lipinski definition) is 3. The molecule has 0 spiro atoms. The Kier molecular flexibility index (Phi) is 6.12. The zero-order valence-corrected chi connectivity index (χ0v) is 17.0. The zero-order chi connectivity index (χ0) is 20.9. The molecule has 0 aliphatic carbocycles. The molecule has 0 unspecified atom stereocenters. The van der Waals surface area contributed by atoms with Crippen LogP contribution in [0.15, 0.2) is 54.6 Å². The monoisotopic (exact) mass is 405 g/mol. The van der Waals surface area contributed by atoms with E-state index in [2.05, 4.69) is 5.32 Å². The lowest BCUT2D eigenvalue weighted by Gasteiger charge is -2.31. The van der Waals surface area contributed by atoms with E-state index in [1.165, 1.54) is 0 Å². The second-order valence-corrected chi connectivity index (χ2v) is 7.97. The number of amides is 3. The first-order chi connectivity index (χ1) is 14.6. The van der Waals surface area contributed by atoms with Crippen LogP contribution >= 0.6 is 0 Å². The molecule has 1 N–H and O–H groups in total. The van der Waals surface area contributed by atoms with E-state index in [0.717, 1.165) is 30.8 Å². The van der Waals surface area contributed by atoms with Crippen molar-refractivity contribution in [2.45, 2.75) is 32.1 Å². The van der Waals surface area contributed by atoms with Gasteiger partial charge in [0.25, 0.3) is 5.91 Å². The van der Waals surface area contributed by atoms with Gasteiger partial charge in [-0.1, -0.05) is 18.2 Å². The lowest BCUT2D eigenvalue weighted by atomic mass is 9.95. The molecular formula is C24H27N3O3. The van der Waals surface area contributed by atoms with Crippen LogP contribution in [0, 0.1) is 5.92 Å². The minimum Gasteiger partial charge on any atom is -0.339 e. The van der Waals surface area contributed by atoms with Crippen molar-refractivity contribution >= 4 is 29.1 Å². The average Bonchev–Trinajstić information content (AvgIpc) is 2.80. The number of nitrogens with zero attached hydrogens (tertiary/aromatic N) is 2. The number of nitrogens with one attached hydrogen (secondary N) is 1. The fourth-order valence-corrected chi connectivity index (χ4v) is 4.16. The van der Waals surface area contributed by atoms with Crippen LogP contribution in [0.25, 0.3) is 0 Å². The number of benzene rings is 2. The van der Waals surface area contributed by atoms with Crippen molar-refractivity contribution in [3.8, 4) is 0 Å². The van der Waals surface area contributed by atoms with E-state index in [-0.39, 0.29) is 23.6 Å². The van der Waals surface area contributed by atoms with Gasteiger partial charge in [0.2, 0.25) is 11.8 Å². The lowest BCUT2D eigenvalue weighted by molar-refractivity contribution is -0.121. The van der Waals surface area contributed by atoms with Crippen LogP contribution in [0.2, 0.25) is 0 Å². The molecule has 6 heteroatoms. The third kappa shape index (κ3) is 4.53. The average molecular weight is 405 g/mol. The molecule has 6 nitrogen and oxygen atoms in total. The van der Waals surface area contributed by atoms with E-state index in [9.17, 15) is 14.4 Å². The number of piperidine rings is 2. The topological polar surface area (TPSA) is 69.7 Å². The van der Waals surface area contributed by atoms with E-state index >= 15 is 0 Å². The molecule has 0 bridgehead atoms. The van der Waals surface area contributed by atoms with Crippen LogP contribution in [0.4, 0.5) is 11.4 Å². The summed E-state index contributed by atoms with van der Waals surface area (Å²) in [6.07, 6.45) is 3.87. The number of carbonyl (C=O) groups excluding carboxylic acids is 3. The number of hydrogen-bond donors (Lipinski definition) is 1. The summed E-state index contributed by atoms with van der Waals surface area (Å²) in [7, 11) is 0. The van der Waals surface area contributed by atoms with Gasteiger partial charge in [0.15, 0.2) is 0 Å². The Morgan fingerprint density at radius 2 is 1.57 bits per heavy atom. The molecule has 2 aromatic rings. The quantitative estimate of drug-likeness (QED) is 0.843. The van der Waals surface area contributed by atoms with Gasteiger partial charge in [0, 0.05) is 48.9 Å². The standard InChI is InChI=1S/C24H27N3O3/c28-22-8-4-5-15-27(22)21-11-9-19(10-12-21)24(30)26-16-13-18(14-17-26)23(29)25-20-6-2-1-3-7-20/h1-3,6-7,9-12,18H,4-5,8,13-17H2,(H,25,29). The first kappa shape index (κ1) is 20.1. The molecule has 0 radical (unpaired) electrons. The van der Waals surface area contributed by atoms with Crippen molar-refractivity contribution in [2.75, 3.05) is 29.9 Å². The van der Waals surface area contributed by atoms with E-state index in [1.54, 1.807) is 17.0 Å². The van der Waals surface area contributed by atoms with Crippen molar-refractivity contribution in [2.24, 2.45) is 5.92 Å². The fraction of sp³-hybridized carbons (Fsp3) is 0.375. The van der Waals surface area contributed by atoms with Crippen LogP contribution in [-0.2, 0) is 9.59 Å². The predicted octanol–water partition coefficient (Wildman–Crippen LogP) is 3.69. The zero-order valence-electron chi connectivity index (χ0n) is 17.0. The minimum atomic E-state index is -0.0817. The summed E-state index contributed by atoms with van der Waals surface area (Å²) in [5.41, 5.74) is 2.27. The van der Waals surface area contributed by atoms with Gasteiger partial charge in [-0.15, -0.1) is 0 Å². The second kappa shape index (κ2) is 9.11. The molecule has 3 amide bonds. The lowest BCUT2D eigenvalue weighted by Crippen LogP contribution is -2.41. The number of rotatable bonds is 4. The number of carbonyl (C=O) groups is 3. The van der Waals surface area contributed by atoms with Gasteiger partial charge in [-0.25, -0.2) is 0 Å². The maximum Gasteiger partial charge on any atom is 0.253 e. The molecule has 30 heavy (non-hydrogen) atoms. The smallest absolute Gasteiger partial charge is 0.253 e. The first-order valence-corrected chi connectivity index (χ1v) is 10.7. The molecule has 2 fully saturated rings. The summed E-state index contributed by atoms with van der Waals surface area (Å²) in [6, 6.07) is 16.8. The van der Waals surface area contributed by atoms with Crippen molar-refractivity contribution in [1.29, 1.82) is 0 Å². The van der Waals surface area contributed by atoms with Gasteiger partial charge in [0.1, 0.15) is 0 Å². The normalized spacial score (nSPS) is 17.7. The molecule has 4 rings (SSSR count). The van der Waals surface area contributed by atoms with Gasteiger partial charge >= 0.3 is 0 Å². The Morgan fingerprint density at radius 1 is 0.867 bits per heavy atom. The highest BCUT2D eigenvalue weighted by Crippen LogP contribution is 2.24. The Balaban J connectivity index is 1.31. The predicted molar refractivity (Wildman–Crippen MR) is 116 cm³/mol. The van der Waals surface area contributed by atoms with Gasteiger partial charge in [-0.2, -0.15) is 0 Å². The summed E-state index contributed by atoms with van der Waals surface area (Å²) < 4.78 is 0.